The van der Waals surface area contributed by atoms with Crippen LogP contribution in [0.15, 0.2) is 91.0 Å². The lowest BCUT2D eigenvalue weighted by Crippen LogP contribution is -2.01. The average Bonchev–Trinajstić information content (AvgIpc) is 3.25. The first-order chi connectivity index (χ1) is 15.6. The maximum Gasteiger partial charge on any atom is 0.356 e. The summed E-state index contributed by atoms with van der Waals surface area (Å²) >= 11 is 6.39. The number of hydrogen-bond acceptors (Lipinski definition) is 4. The Morgan fingerprint density at radius 2 is 1.56 bits per heavy atom. The minimum absolute atomic E-state index is 0.0842. The van der Waals surface area contributed by atoms with Crippen LogP contribution in [0.3, 0.4) is 0 Å². The van der Waals surface area contributed by atoms with E-state index in [2.05, 4.69) is 10.1 Å². The summed E-state index contributed by atoms with van der Waals surface area (Å²) in [5.74, 6) is 0.307. The third-order valence-electron chi connectivity index (χ3n) is 4.93. The van der Waals surface area contributed by atoms with Gasteiger partial charge in [0.15, 0.2) is 11.3 Å². The number of carboxylic acid groups (broad SMARTS) is 1. The van der Waals surface area contributed by atoms with E-state index in [0.29, 0.717) is 27.8 Å². The molecule has 0 bridgehead atoms. The van der Waals surface area contributed by atoms with E-state index in [0.717, 1.165) is 16.9 Å². The smallest absolute Gasteiger partial charge is 0.356 e. The fraction of sp³-hybridized carbons (Fsp3) is 0. The first-order valence-electron chi connectivity index (χ1n) is 9.81. The summed E-state index contributed by atoms with van der Waals surface area (Å²) in [7, 11) is 0. The molecule has 0 saturated heterocycles. The van der Waals surface area contributed by atoms with Crippen molar-refractivity contribution in [3.05, 3.63) is 102 Å². The molecular weight excluding hydrogens is 426 g/mol. The summed E-state index contributed by atoms with van der Waals surface area (Å²) in [4.78, 5) is 16.1. The third kappa shape index (κ3) is 3.79. The topological polar surface area (TPSA) is 76.7 Å². The van der Waals surface area contributed by atoms with Gasteiger partial charge in [0.25, 0.3) is 0 Å². The number of para-hydroxylation sites is 1. The van der Waals surface area contributed by atoms with E-state index in [4.69, 9.17) is 16.3 Å². The standard InChI is InChI=1S/C25H16ClN3O3/c26-20-9-5-4-8-19(20)21-14-23(29-24(27-21)15-22(28-29)25(30)31)16-10-12-18(13-11-16)32-17-6-2-1-3-7-17/h1-15H,(H,30,31). The molecular formula is C25H16ClN3O3. The van der Waals surface area contributed by atoms with Crippen molar-refractivity contribution in [2.75, 3.05) is 0 Å². The first-order valence-corrected chi connectivity index (χ1v) is 10.2. The van der Waals surface area contributed by atoms with Crippen LogP contribution in [0, 0.1) is 0 Å². The van der Waals surface area contributed by atoms with Gasteiger partial charge in [-0.25, -0.2) is 14.3 Å². The number of nitrogens with zero attached hydrogens (tertiary/aromatic N) is 3. The number of carbonyl (C=O) groups is 1. The fourth-order valence-electron chi connectivity index (χ4n) is 3.41. The van der Waals surface area contributed by atoms with Crippen LogP contribution in [0.5, 0.6) is 11.5 Å². The molecule has 0 aliphatic rings. The van der Waals surface area contributed by atoms with Crippen molar-refractivity contribution in [1.29, 1.82) is 0 Å². The predicted molar refractivity (Wildman–Crippen MR) is 122 cm³/mol. The maximum atomic E-state index is 11.5. The van der Waals surface area contributed by atoms with E-state index < -0.39 is 5.97 Å². The zero-order chi connectivity index (χ0) is 22.1. The molecule has 2 aromatic heterocycles. The van der Waals surface area contributed by atoms with E-state index in [1.54, 1.807) is 6.07 Å². The highest BCUT2D eigenvalue weighted by Gasteiger charge is 2.16. The molecule has 0 saturated carbocycles. The van der Waals surface area contributed by atoms with Gasteiger partial charge in [0.2, 0.25) is 0 Å². The number of fused-ring (bicyclic) bond motifs is 1. The molecule has 0 radical (unpaired) electrons. The third-order valence-corrected chi connectivity index (χ3v) is 5.25. The molecule has 7 heteroatoms. The molecule has 0 amide bonds. The van der Waals surface area contributed by atoms with Gasteiger partial charge < -0.3 is 9.84 Å². The second kappa shape index (κ2) is 8.17. The molecule has 32 heavy (non-hydrogen) atoms. The Bertz CT molecular complexity index is 1430. The number of benzene rings is 3. The zero-order valence-electron chi connectivity index (χ0n) is 16.6. The van der Waals surface area contributed by atoms with Crippen molar-refractivity contribution < 1.29 is 14.6 Å². The van der Waals surface area contributed by atoms with Gasteiger partial charge in [-0.05, 0) is 48.5 Å². The number of carboxylic acids is 1. The van der Waals surface area contributed by atoms with Crippen molar-refractivity contribution in [3.63, 3.8) is 0 Å². The molecule has 2 heterocycles. The monoisotopic (exact) mass is 441 g/mol. The van der Waals surface area contributed by atoms with Gasteiger partial charge in [-0.3, -0.25) is 0 Å². The summed E-state index contributed by atoms with van der Waals surface area (Å²) in [5, 5.41) is 14.2. The molecule has 156 valence electrons. The minimum atomic E-state index is -1.12. The molecule has 0 spiro atoms. The van der Waals surface area contributed by atoms with E-state index in [1.807, 2.05) is 78.9 Å². The number of aromatic nitrogens is 3. The summed E-state index contributed by atoms with van der Waals surface area (Å²) in [6.07, 6.45) is 0. The maximum absolute atomic E-state index is 11.5. The largest absolute Gasteiger partial charge is 0.476 e. The van der Waals surface area contributed by atoms with Gasteiger partial charge in [0.05, 0.1) is 11.4 Å². The lowest BCUT2D eigenvalue weighted by atomic mass is 10.1. The van der Waals surface area contributed by atoms with Gasteiger partial charge in [0.1, 0.15) is 11.5 Å². The Morgan fingerprint density at radius 1 is 0.875 bits per heavy atom. The lowest BCUT2D eigenvalue weighted by molar-refractivity contribution is 0.0690. The van der Waals surface area contributed by atoms with Gasteiger partial charge in [-0.2, -0.15) is 5.10 Å². The number of ether oxygens (including phenoxy) is 1. The van der Waals surface area contributed by atoms with Gasteiger partial charge in [-0.1, -0.05) is 48.0 Å². The zero-order valence-corrected chi connectivity index (χ0v) is 17.4. The Hall–Kier alpha value is -4.16. The normalized spacial score (nSPS) is 10.9. The molecule has 3 aromatic carbocycles. The van der Waals surface area contributed by atoms with Gasteiger partial charge in [0, 0.05) is 22.2 Å². The molecule has 6 nitrogen and oxygen atoms in total. The summed E-state index contributed by atoms with van der Waals surface area (Å²) in [6, 6.07) is 27.7. The second-order valence-electron chi connectivity index (χ2n) is 7.05. The molecule has 0 unspecified atom stereocenters. The van der Waals surface area contributed by atoms with Crippen LogP contribution in [0.25, 0.3) is 28.2 Å². The van der Waals surface area contributed by atoms with Gasteiger partial charge in [-0.15, -0.1) is 0 Å². The number of hydrogen-bond donors (Lipinski definition) is 1. The van der Waals surface area contributed by atoms with Crippen LogP contribution >= 0.6 is 11.6 Å². The summed E-state index contributed by atoms with van der Waals surface area (Å²) in [5.41, 5.74) is 3.22. The summed E-state index contributed by atoms with van der Waals surface area (Å²) < 4.78 is 7.40. The van der Waals surface area contributed by atoms with E-state index >= 15 is 0 Å². The van der Waals surface area contributed by atoms with E-state index in [1.165, 1.54) is 10.6 Å². The number of aromatic carboxylic acids is 1. The molecule has 1 N–H and O–H groups in total. The van der Waals surface area contributed by atoms with Crippen LogP contribution in [0.2, 0.25) is 5.02 Å². The highest BCUT2D eigenvalue weighted by Crippen LogP contribution is 2.32. The van der Waals surface area contributed by atoms with E-state index in [-0.39, 0.29) is 5.69 Å². The molecule has 0 aliphatic heterocycles. The van der Waals surface area contributed by atoms with E-state index in [9.17, 15) is 9.90 Å². The van der Waals surface area contributed by atoms with Crippen LogP contribution in [0.1, 0.15) is 10.5 Å². The van der Waals surface area contributed by atoms with Crippen LogP contribution in [-0.2, 0) is 0 Å². The predicted octanol–water partition coefficient (Wildman–Crippen LogP) is 6.21. The number of halogens is 1. The lowest BCUT2D eigenvalue weighted by Gasteiger charge is -2.11. The molecule has 0 atom stereocenters. The average molecular weight is 442 g/mol. The SMILES string of the molecule is O=C(O)c1cc2nc(-c3ccccc3Cl)cc(-c3ccc(Oc4ccccc4)cc3)n2n1. The minimum Gasteiger partial charge on any atom is -0.476 e. The van der Waals surface area contributed by atoms with Crippen molar-refractivity contribution in [1.82, 2.24) is 14.6 Å². The van der Waals surface area contributed by atoms with Crippen molar-refractivity contribution in [2.24, 2.45) is 0 Å². The molecule has 0 aliphatic carbocycles. The van der Waals surface area contributed by atoms with Crippen LogP contribution < -0.4 is 4.74 Å². The fourth-order valence-corrected chi connectivity index (χ4v) is 3.64. The van der Waals surface area contributed by atoms with Crippen molar-refractivity contribution in [3.8, 4) is 34.0 Å². The first kappa shape index (κ1) is 19.8. The molecule has 0 fully saturated rings. The van der Waals surface area contributed by atoms with Gasteiger partial charge >= 0.3 is 5.97 Å². The highest BCUT2D eigenvalue weighted by molar-refractivity contribution is 6.33. The van der Waals surface area contributed by atoms with Crippen molar-refractivity contribution >= 4 is 23.2 Å². The Morgan fingerprint density at radius 3 is 2.28 bits per heavy atom. The Labute approximate surface area is 188 Å². The van der Waals surface area contributed by atoms with Crippen molar-refractivity contribution in [2.45, 2.75) is 0 Å². The Balaban J connectivity index is 1.62. The highest BCUT2D eigenvalue weighted by atomic mass is 35.5. The molecule has 5 aromatic rings. The second-order valence-corrected chi connectivity index (χ2v) is 7.46. The molecule has 5 rings (SSSR count). The quantitative estimate of drug-likeness (QED) is 0.351. The Kier molecular flexibility index (Phi) is 5.05. The number of rotatable bonds is 5. The van der Waals surface area contributed by atoms with Crippen LogP contribution in [0.4, 0.5) is 0 Å². The summed E-state index contributed by atoms with van der Waals surface area (Å²) in [6.45, 7) is 0. The van der Waals surface area contributed by atoms with Crippen LogP contribution in [-0.4, -0.2) is 25.7 Å².